The molecule has 3 heterocycles. The van der Waals surface area contributed by atoms with Gasteiger partial charge < -0.3 is 19.2 Å². The van der Waals surface area contributed by atoms with Gasteiger partial charge in [0, 0.05) is 41.8 Å². The first-order valence-corrected chi connectivity index (χ1v) is 9.26. The van der Waals surface area contributed by atoms with Crippen LogP contribution in [0.25, 0.3) is 22.7 Å². The Morgan fingerprint density at radius 1 is 1.03 bits per heavy atom. The average Bonchev–Trinajstić information content (AvgIpc) is 3.18. The molecule has 146 valence electrons. The van der Waals surface area contributed by atoms with Gasteiger partial charge in [0.25, 0.3) is 0 Å². The standard InChI is InChI=1S/C21H18N4O3S/c1-26-16-6-5-14(11-18(16)27-2)24-19(29)12-15-10-13(7-9-22-15)21-25-20-17(28-21)4-3-8-23-20/h3-11H,12H2,1-2H3,(H,24,29). The van der Waals surface area contributed by atoms with E-state index in [4.69, 9.17) is 26.1 Å². The molecule has 8 heteroatoms. The van der Waals surface area contributed by atoms with Crippen LogP contribution in [0.1, 0.15) is 5.69 Å². The van der Waals surface area contributed by atoms with E-state index in [1.165, 1.54) is 0 Å². The summed E-state index contributed by atoms with van der Waals surface area (Å²) >= 11 is 5.50. The van der Waals surface area contributed by atoms with E-state index in [2.05, 4.69) is 20.3 Å². The van der Waals surface area contributed by atoms with E-state index in [1.807, 2.05) is 42.5 Å². The van der Waals surface area contributed by atoms with Gasteiger partial charge in [0.2, 0.25) is 5.89 Å². The van der Waals surface area contributed by atoms with Crippen molar-refractivity contribution in [2.24, 2.45) is 0 Å². The van der Waals surface area contributed by atoms with Crippen LogP contribution in [-0.2, 0) is 6.42 Å². The van der Waals surface area contributed by atoms with Crippen molar-refractivity contribution in [3.63, 3.8) is 0 Å². The van der Waals surface area contributed by atoms with Crippen LogP contribution in [0.5, 0.6) is 11.5 Å². The van der Waals surface area contributed by atoms with Gasteiger partial charge in [-0.2, -0.15) is 4.98 Å². The lowest BCUT2D eigenvalue weighted by Crippen LogP contribution is -2.13. The number of aromatic nitrogens is 3. The van der Waals surface area contributed by atoms with Gasteiger partial charge in [-0.3, -0.25) is 4.98 Å². The molecule has 0 aliphatic rings. The van der Waals surface area contributed by atoms with Crippen molar-refractivity contribution < 1.29 is 13.9 Å². The highest BCUT2D eigenvalue weighted by molar-refractivity contribution is 7.80. The van der Waals surface area contributed by atoms with Gasteiger partial charge in [-0.25, -0.2) is 4.98 Å². The van der Waals surface area contributed by atoms with Crippen molar-refractivity contribution >= 4 is 34.1 Å². The van der Waals surface area contributed by atoms with Gasteiger partial charge in [-0.15, -0.1) is 0 Å². The molecule has 0 amide bonds. The normalized spacial score (nSPS) is 10.7. The number of anilines is 1. The minimum Gasteiger partial charge on any atom is -0.493 e. The van der Waals surface area contributed by atoms with Crippen molar-refractivity contribution in [1.29, 1.82) is 0 Å². The maximum atomic E-state index is 5.78. The summed E-state index contributed by atoms with van der Waals surface area (Å²) in [5.74, 6) is 1.79. The third kappa shape index (κ3) is 4.17. The summed E-state index contributed by atoms with van der Waals surface area (Å²) in [4.78, 5) is 13.7. The number of hydrogen-bond acceptors (Lipinski definition) is 7. The molecule has 0 aliphatic heterocycles. The Balaban J connectivity index is 1.49. The van der Waals surface area contributed by atoms with Gasteiger partial charge in [0.15, 0.2) is 22.7 Å². The van der Waals surface area contributed by atoms with Crippen molar-refractivity contribution in [2.75, 3.05) is 19.5 Å². The topological polar surface area (TPSA) is 82.3 Å². The van der Waals surface area contributed by atoms with Crippen LogP contribution >= 0.6 is 12.2 Å². The van der Waals surface area contributed by atoms with E-state index in [-0.39, 0.29) is 0 Å². The number of oxazole rings is 1. The largest absolute Gasteiger partial charge is 0.493 e. The van der Waals surface area contributed by atoms with Crippen LogP contribution in [-0.4, -0.2) is 34.2 Å². The monoisotopic (exact) mass is 406 g/mol. The third-order valence-electron chi connectivity index (χ3n) is 4.24. The summed E-state index contributed by atoms with van der Waals surface area (Å²) in [6.07, 6.45) is 3.87. The Hall–Kier alpha value is -3.52. The summed E-state index contributed by atoms with van der Waals surface area (Å²) in [6, 6.07) is 12.9. The minimum atomic E-state index is 0.468. The minimum absolute atomic E-state index is 0.468. The SMILES string of the molecule is COc1ccc(NC(=S)Cc2cc(-c3nc4ncccc4o3)ccn2)cc1OC. The fraction of sp³-hybridized carbons (Fsp3) is 0.143. The Morgan fingerprint density at radius 2 is 1.90 bits per heavy atom. The first-order chi connectivity index (χ1) is 14.2. The van der Waals surface area contributed by atoms with Gasteiger partial charge in [0.05, 0.1) is 19.2 Å². The fourth-order valence-electron chi connectivity index (χ4n) is 2.88. The maximum absolute atomic E-state index is 5.78. The molecule has 1 N–H and O–H groups in total. The zero-order valence-electron chi connectivity index (χ0n) is 15.9. The van der Waals surface area contributed by atoms with E-state index in [0.29, 0.717) is 40.0 Å². The van der Waals surface area contributed by atoms with Gasteiger partial charge in [-0.05, 0) is 36.4 Å². The summed E-state index contributed by atoms with van der Waals surface area (Å²) in [5.41, 5.74) is 3.66. The molecule has 4 rings (SSSR count). The molecule has 3 aromatic heterocycles. The molecule has 0 saturated carbocycles. The second-order valence-electron chi connectivity index (χ2n) is 6.17. The molecule has 0 atom stereocenters. The zero-order valence-corrected chi connectivity index (χ0v) is 16.7. The molecule has 0 radical (unpaired) electrons. The van der Waals surface area contributed by atoms with E-state index >= 15 is 0 Å². The van der Waals surface area contributed by atoms with Gasteiger partial charge in [0.1, 0.15) is 0 Å². The lowest BCUT2D eigenvalue weighted by atomic mass is 10.2. The molecule has 0 unspecified atom stereocenters. The van der Waals surface area contributed by atoms with Crippen molar-refractivity contribution in [1.82, 2.24) is 15.0 Å². The number of nitrogens with zero attached hydrogens (tertiary/aromatic N) is 3. The molecule has 0 spiro atoms. The number of nitrogens with one attached hydrogen (secondary N) is 1. The zero-order chi connectivity index (χ0) is 20.2. The molecule has 0 bridgehead atoms. The Labute approximate surface area is 172 Å². The summed E-state index contributed by atoms with van der Waals surface area (Å²) in [6.45, 7) is 0. The number of methoxy groups -OCH3 is 2. The maximum Gasteiger partial charge on any atom is 0.229 e. The Kier molecular flexibility index (Phi) is 5.35. The Morgan fingerprint density at radius 3 is 2.69 bits per heavy atom. The van der Waals surface area contributed by atoms with Crippen LogP contribution in [0.4, 0.5) is 5.69 Å². The smallest absolute Gasteiger partial charge is 0.229 e. The first kappa shape index (κ1) is 18.8. The molecule has 0 fully saturated rings. The van der Waals surface area contributed by atoms with Gasteiger partial charge >= 0.3 is 0 Å². The van der Waals surface area contributed by atoms with Gasteiger partial charge in [-0.1, -0.05) is 12.2 Å². The molecule has 0 aliphatic carbocycles. The van der Waals surface area contributed by atoms with Crippen molar-refractivity contribution in [3.8, 4) is 23.0 Å². The van der Waals surface area contributed by atoms with Crippen LogP contribution < -0.4 is 14.8 Å². The Bertz CT molecular complexity index is 1140. The molecule has 4 aromatic rings. The highest BCUT2D eigenvalue weighted by Crippen LogP contribution is 2.30. The average molecular weight is 406 g/mol. The predicted molar refractivity (Wildman–Crippen MR) is 115 cm³/mol. The van der Waals surface area contributed by atoms with E-state index in [9.17, 15) is 0 Å². The second-order valence-corrected chi connectivity index (χ2v) is 6.67. The number of rotatable bonds is 6. The number of hydrogen-bond donors (Lipinski definition) is 1. The van der Waals surface area contributed by atoms with E-state index in [1.54, 1.807) is 26.6 Å². The number of ether oxygens (including phenoxy) is 2. The molecular formula is C21H18N4O3S. The second kappa shape index (κ2) is 8.24. The lowest BCUT2D eigenvalue weighted by molar-refractivity contribution is 0.355. The lowest BCUT2D eigenvalue weighted by Gasteiger charge is -2.12. The highest BCUT2D eigenvalue weighted by atomic mass is 32.1. The summed E-state index contributed by atoms with van der Waals surface area (Å²) in [5, 5.41) is 3.20. The fourth-order valence-corrected chi connectivity index (χ4v) is 3.15. The van der Waals surface area contributed by atoms with Crippen molar-refractivity contribution in [3.05, 3.63) is 60.6 Å². The van der Waals surface area contributed by atoms with E-state index in [0.717, 1.165) is 16.9 Å². The molecule has 29 heavy (non-hydrogen) atoms. The quantitative estimate of drug-likeness (QED) is 0.475. The number of benzene rings is 1. The number of thiocarbonyl (C=S) groups is 1. The summed E-state index contributed by atoms with van der Waals surface area (Å²) in [7, 11) is 3.19. The summed E-state index contributed by atoms with van der Waals surface area (Å²) < 4.78 is 16.4. The number of fused-ring (bicyclic) bond motifs is 1. The third-order valence-corrected chi connectivity index (χ3v) is 4.48. The molecule has 7 nitrogen and oxygen atoms in total. The van der Waals surface area contributed by atoms with Crippen LogP contribution in [0.15, 0.2) is 59.3 Å². The van der Waals surface area contributed by atoms with Crippen LogP contribution in [0.2, 0.25) is 0 Å². The first-order valence-electron chi connectivity index (χ1n) is 8.85. The molecular weight excluding hydrogens is 388 g/mol. The molecule has 1 aromatic carbocycles. The molecule has 0 saturated heterocycles. The van der Waals surface area contributed by atoms with E-state index < -0.39 is 0 Å². The van der Waals surface area contributed by atoms with Crippen LogP contribution in [0.3, 0.4) is 0 Å². The predicted octanol–water partition coefficient (Wildman–Crippen LogP) is 4.28. The van der Waals surface area contributed by atoms with Crippen LogP contribution in [0, 0.1) is 0 Å². The number of pyridine rings is 2. The highest BCUT2D eigenvalue weighted by Gasteiger charge is 2.11. The van der Waals surface area contributed by atoms with Crippen molar-refractivity contribution in [2.45, 2.75) is 6.42 Å².